The summed E-state index contributed by atoms with van der Waals surface area (Å²) < 4.78 is 2.14. The van der Waals surface area contributed by atoms with Crippen molar-refractivity contribution < 1.29 is 140 Å². The van der Waals surface area contributed by atoms with Gasteiger partial charge in [-0.3, -0.25) is 24.4 Å². The van der Waals surface area contributed by atoms with E-state index in [2.05, 4.69) is 115 Å². The fourth-order valence-electron chi connectivity index (χ4n) is 9.11. The fourth-order valence-corrected chi connectivity index (χ4v) is 9.11. The van der Waals surface area contributed by atoms with Crippen LogP contribution in [0.1, 0.15) is 68.7 Å². The molecule has 109 heavy (non-hydrogen) atoms. The number of aliphatic hydroxyl groups is 3. The van der Waals surface area contributed by atoms with Gasteiger partial charge < -0.3 is 44.9 Å². The molecule has 0 unspecified atom stereocenters. The Morgan fingerprint density at radius 3 is 1.03 bits per heavy atom. The third kappa shape index (κ3) is 38.9. The first kappa shape index (κ1) is 98.8. The first-order valence-electron chi connectivity index (χ1n) is 32.6. The normalized spacial score (nSPS) is 9.79. The third-order valence-electron chi connectivity index (χ3n) is 13.4. The Bertz CT molecular complexity index is 4460. The second-order valence-electron chi connectivity index (χ2n) is 22.2. The molecule has 0 atom stereocenters. The van der Waals surface area contributed by atoms with Gasteiger partial charge in [-0.25, -0.2) is 9.78 Å². The average molecular weight is 2340 g/mol. The number of aromatic nitrogens is 8. The Morgan fingerprint density at radius 2 is 0.679 bits per heavy atom. The summed E-state index contributed by atoms with van der Waals surface area (Å²) in [7, 11) is 0. The van der Waals surface area contributed by atoms with E-state index in [4.69, 9.17) is 20.4 Å². The van der Waals surface area contributed by atoms with Crippen LogP contribution >= 0.6 is 0 Å². The minimum absolute atomic E-state index is 0. The monoisotopic (exact) mass is 2340 g/mol. The van der Waals surface area contributed by atoms with Gasteiger partial charge in [-0.15, -0.1) is 179 Å². The number of aryl methyl sites for hydroxylation is 3. The van der Waals surface area contributed by atoms with Crippen LogP contribution in [0.2, 0.25) is 0 Å². The summed E-state index contributed by atoms with van der Waals surface area (Å²) in [5, 5.41) is 33.4. The zero-order chi connectivity index (χ0) is 75.3. The summed E-state index contributed by atoms with van der Waals surface area (Å²) in [5.74, 6) is -0.249. The molecular formula is C88H81Ir5N8O8-5. The van der Waals surface area contributed by atoms with Crippen LogP contribution in [0.3, 0.4) is 0 Å². The molecule has 13 aromatic rings. The summed E-state index contributed by atoms with van der Waals surface area (Å²) in [6.07, 6.45) is 17.6. The van der Waals surface area contributed by atoms with Crippen LogP contribution in [-0.4, -0.2) is 83.2 Å². The van der Waals surface area contributed by atoms with Crippen LogP contribution in [0.4, 0.5) is 0 Å². The predicted octanol–water partition coefficient (Wildman–Crippen LogP) is 19.4. The van der Waals surface area contributed by atoms with Gasteiger partial charge in [0.05, 0.1) is 28.8 Å². The van der Waals surface area contributed by atoms with Crippen LogP contribution < -0.4 is 0 Å². The first-order valence-corrected chi connectivity index (χ1v) is 32.6. The smallest absolute Gasteiger partial charge is 0.354 e. The number of hydrogen-bond acceptors (Lipinski definition) is 14. The minimum atomic E-state index is -0.990. The molecule has 0 aliphatic carbocycles. The van der Waals surface area contributed by atoms with Crippen molar-refractivity contribution in [2.75, 3.05) is 0 Å². The van der Waals surface area contributed by atoms with Gasteiger partial charge >= 0.3 is 5.97 Å². The summed E-state index contributed by atoms with van der Waals surface area (Å²) in [5.41, 5.74) is 15.8. The number of allylic oxidation sites excluding steroid dienone is 6. The van der Waals surface area contributed by atoms with Gasteiger partial charge in [0.2, 0.25) is 0 Å². The first-order chi connectivity index (χ1) is 50.2. The topological polar surface area (TPSA) is 244 Å². The van der Waals surface area contributed by atoms with E-state index in [0.717, 1.165) is 67.7 Å². The van der Waals surface area contributed by atoms with Crippen LogP contribution in [0.15, 0.2) is 322 Å². The van der Waals surface area contributed by atoms with Crippen molar-refractivity contribution in [3.63, 3.8) is 0 Å². The van der Waals surface area contributed by atoms with Crippen molar-refractivity contribution in [2.45, 2.75) is 62.3 Å². The number of hydrogen-bond donors (Lipinski definition) is 4. The molecule has 4 N–H and O–H groups in total. The van der Waals surface area contributed by atoms with Crippen molar-refractivity contribution >= 4 is 23.3 Å². The van der Waals surface area contributed by atoms with Gasteiger partial charge in [0.25, 0.3) is 0 Å². The number of nitrogens with zero attached hydrogens (tertiary/aromatic N) is 8. The Kier molecular flexibility index (Phi) is 51.6. The molecule has 16 nitrogen and oxygen atoms in total. The van der Waals surface area contributed by atoms with E-state index in [1.807, 2.05) is 213 Å². The predicted molar refractivity (Wildman–Crippen MR) is 412 cm³/mol. The number of benzene rings is 7. The third-order valence-corrected chi connectivity index (χ3v) is 13.4. The van der Waals surface area contributed by atoms with E-state index < -0.39 is 5.97 Å². The second kappa shape index (κ2) is 57.0. The summed E-state index contributed by atoms with van der Waals surface area (Å²) in [6, 6.07) is 92.0. The second-order valence-corrected chi connectivity index (χ2v) is 22.2. The molecule has 5 radical (unpaired) electrons. The number of carboxylic acid groups (broad SMARTS) is 1. The Hall–Kier alpha value is -10.2. The number of carbonyl (C=O) groups is 4. The maximum absolute atomic E-state index is 10.1. The van der Waals surface area contributed by atoms with E-state index in [9.17, 15) is 19.2 Å². The maximum atomic E-state index is 10.1. The van der Waals surface area contributed by atoms with E-state index >= 15 is 0 Å². The molecule has 0 saturated heterocycles. The molecule has 0 saturated carbocycles. The van der Waals surface area contributed by atoms with Crippen molar-refractivity contribution in [3.05, 3.63) is 374 Å². The largest absolute Gasteiger partial charge is 0.512 e. The molecule has 7 aromatic carbocycles. The van der Waals surface area contributed by atoms with Crippen molar-refractivity contribution in [2.24, 2.45) is 0 Å². The number of pyridine rings is 4. The van der Waals surface area contributed by atoms with E-state index in [-0.39, 0.29) is 141 Å². The average Bonchev–Trinajstić information content (AvgIpc) is 1.56. The number of para-hydroxylation sites is 1. The summed E-state index contributed by atoms with van der Waals surface area (Å²) in [4.78, 5) is 69.9. The van der Waals surface area contributed by atoms with E-state index in [0.29, 0.717) is 0 Å². The number of carboxylic acids is 1. The molecule has 0 aliphatic rings. The molecule has 13 rings (SSSR count). The van der Waals surface area contributed by atoms with Gasteiger partial charge in [-0.05, 0) is 126 Å². The quantitative estimate of drug-likeness (QED) is 0.0534. The molecule has 571 valence electrons. The Balaban J connectivity index is 0.00000122. The molecule has 0 bridgehead atoms. The van der Waals surface area contributed by atoms with Crippen molar-refractivity contribution in [1.82, 2.24) is 39.5 Å². The summed E-state index contributed by atoms with van der Waals surface area (Å²) >= 11 is 0. The van der Waals surface area contributed by atoms with Crippen molar-refractivity contribution in [3.8, 4) is 73.4 Å². The molecule has 6 aromatic heterocycles. The SMILES string of the molecule is CC(=O)C=C(C)O.CC(=O)C=C(C)O.CC(=O)C=C(C)O.Cc1cccc(C)c1-n1ccnc1-c1[c-]cccc1.Cc1cccnc1-c1[c-]cccc1.O=C(O)c1ccccn1.[Ir].[Ir].[Ir].[Ir].[Ir].[c-]1ccccc1-c1ccccn1.[c-]1ccccc1-c1ccccn1.[c-]1ccccc1-c1nccnc1-c1ccccc1. The minimum Gasteiger partial charge on any atom is -0.512 e. The van der Waals surface area contributed by atoms with Crippen LogP contribution in [0, 0.1) is 51.1 Å². The Labute approximate surface area is 706 Å². The molecule has 0 aliphatic heterocycles. The molecule has 0 amide bonds. The maximum Gasteiger partial charge on any atom is 0.354 e. The van der Waals surface area contributed by atoms with Gasteiger partial charge in [-0.2, -0.15) is 0 Å². The molecule has 21 heteroatoms. The number of aliphatic hydroxyl groups excluding tert-OH is 3. The number of carbonyl (C=O) groups excluding carboxylic acids is 3. The molecule has 6 heterocycles. The zero-order valence-electron chi connectivity index (χ0n) is 61.0. The van der Waals surface area contributed by atoms with Crippen LogP contribution in [0.25, 0.3) is 73.4 Å². The number of imidazole rings is 1. The molecule has 0 spiro atoms. The van der Waals surface area contributed by atoms with Gasteiger partial charge in [0.1, 0.15) is 5.69 Å². The number of rotatable bonds is 11. The number of ketones is 3. The molecular weight excluding hydrogens is 2260 g/mol. The fraction of sp³-hybridized carbons (Fsp3) is 0.102. The standard InChI is InChI=1S/C17H15N2.C16H11N2.C12H10N.2C11H8N.C6H5NO2.3C5H8O2.5Ir/c1-13-7-6-8-14(2)16(13)19-12-11-18-17(19)15-9-4-3-5-10-15;1-3-7-13(8-4-1)15-16(18-12-11-17-15)14-9-5-2-6-10-14;1-10-6-5-9-13-12(10)11-7-3-2-4-8-11;2*1-2-6-10(7-3-1)11-8-4-5-9-12-11;8-6(9)5-3-1-2-4-7-5;3*1-4(6)3-5(2)7;;;;;/h3-9,11-12H,1-2H3;1-9,11-12H;2-7,9H,1H3;2*1-6,8-9H;1-4H,(H,8,9);3*3,6H,1-2H3;;;;;/q5*-1;;;;;;;;;. The molecule has 0 fully saturated rings. The van der Waals surface area contributed by atoms with Crippen LogP contribution in [-0.2, 0) is 115 Å². The Morgan fingerprint density at radius 1 is 0.321 bits per heavy atom. The summed E-state index contributed by atoms with van der Waals surface area (Å²) in [6.45, 7) is 14.9. The number of aromatic carboxylic acids is 1. The van der Waals surface area contributed by atoms with E-state index in [1.54, 1.807) is 36.9 Å². The van der Waals surface area contributed by atoms with Gasteiger partial charge in [-0.1, -0.05) is 90.5 Å². The zero-order valence-corrected chi connectivity index (χ0v) is 73.0. The van der Waals surface area contributed by atoms with Crippen molar-refractivity contribution in [1.29, 1.82) is 0 Å². The van der Waals surface area contributed by atoms with E-state index in [1.165, 1.54) is 94.4 Å². The van der Waals surface area contributed by atoms with Crippen LogP contribution in [0.5, 0.6) is 0 Å². The van der Waals surface area contributed by atoms with Gasteiger partial charge in [0.15, 0.2) is 17.3 Å². The van der Waals surface area contributed by atoms with Gasteiger partial charge in [0, 0.05) is 180 Å².